The lowest BCUT2D eigenvalue weighted by Crippen LogP contribution is -2.34. The van der Waals surface area contributed by atoms with Gasteiger partial charge in [-0.25, -0.2) is 0 Å². The summed E-state index contributed by atoms with van der Waals surface area (Å²) < 4.78 is 5.81. The predicted octanol–water partition coefficient (Wildman–Crippen LogP) is 2.10. The highest BCUT2D eigenvalue weighted by molar-refractivity contribution is 4.95. The van der Waals surface area contributed by atoms with Crippen LogP contribution in [0.5, 0.6) is 0 Å². The molecule has 1 N–H and O–H groups in total. The molecule has 2 heteroatoms. The van der Waals surface area contributed by atoms with Crippen molar-refractivity contribution in [3.63, 3.8) is 0 Å². The monoisotopic (exact) mass is 196 g/mol. The zero-order valence-electron chi connectivity index (χ0n) is 8.69. The molecule has 0 amide bonds. The predicted molar refractivity (Wildman–Crippen MR) is 54.0 cm³/mol. The van der Waals surface area contributed by atoms with Crippen molar-refractivity contribution < 1.29 is 9.84 Å². The van der Waals surface area contributed by atoms with Gasteiger partial charge in [0.25, 0.3) is 0 Å². The van der Waals surface area contributed by atoms with Crippen LogP contribution in [-0.4, -0.2) is 23.4 Å². The molecule has 0 radical (unpaired) electrons. The number of aliphatic hydroxyl groups is 1. The van der Waals surface area contributed by atoms with Gasteiger partial charge >= 0.3 is 0 Å². The number of ether oxygens (including phenoxy) is 1. The zero-order valence-corrected chi connectivity index (χ0v) is 8.69. The van der Waals surface area contributed by atoms with Crippen LogP contribution < -0.4 is 0 Å². The second kappa shape index (κ2) is 3.49. The third kappa shape index (κ3) is 1.40. The van der Waals surface area contributed by atoms with Crippen molar-refractivity contribution in [2.45, 2.75) is 63.3 Å². The molecule has 1 aliphatic carbocycles. The molecule has 4 unspecified atom stereocenters. The Balaban J connectivity index is 1.64. The van der Waals surface area contributed by atoms with Gasteiger partial charge < -0.3 is 9.84 Å². The van der Waals surface area contributed by atoms with Crippen LogP contribution in [0.4, 0.5) is 0 Å². The lowest BCUT2D eigenvalue weighted by molar-refractivity contribution is 0.0120. The minimum atomic E-state index is -0.0622. The van der Waals surface area contributed by atoms with Crippen LogP contribution in [0.25, 0.3) is 0 Å². The first-order chi connectivity index (χ1) is 6.84. The van der Waals surface area contributed by atoms with Crippen LogP contribution in [0, 0.1) is 11.8 Å². The van der Waals surface area contributed by atoms with Gasteiger partial charge in [-0.05, 0) is 38.0 Å². The molecule has 2 saturated heterocycles. The summed E-state index contributed by atoms with van der Waals surface area (Å²) in [6, 6.07) is 0. The SMILES string of the molecule is OC(C1CCCC1)C1CC2CCC1O2. The Labute approximate surface area is 85.6 Å². The molecular weight excluding hydrogens is 176 g/mol. The van der Waals surface area contributed by atoms with E-state index in [2.05, 4.69) is 0 Å². The topological polar surface area (TPSA) is 29.5 Å². The van der Waals surface area contributed by atoms with Crippen molar-refractivity contribution in [1.29, 1.82) is 0 Å². The molecule has 2 nitrogen and oxygen atoms in total. The molecule has 2 aliphatic heterocycles. The first kappa shape index (κ1) is 9.17. The quantitative estimate of drug-likeness (QED) is 0.733. The first-order valence-electron chi connectivity index (χ1n) is 6.18. The average molecular weight is 196 g/mol. The standard InChI is InChI=1S/C12H20O2/c13-12(8-3-1-2-4-8)10-7-9-5-6-11(10)14-9/h8-13H,1-7H2. The van der Waals surface area contributed by atoms with Crippen molar-refractivity contribution in [3.8, 4) is 0 Å². The molecule has 3 rings (SSSR count). The van der Waals surface area contributed by atoms with Gasteiger partial charge in [-0.3, -0.25) is 0 Å². The number of hydrogen-bond acceptors (Lipinski definition) is 2. The van der Waals surface area contributed by atoms with Crippen molar-refractivity contribution in [2.75, 3.05) is 0 Å². The highest BCUT2D eigenvalue weighted by Gasteiger charge is 2.45. The van der Waals surface area contributed by atoms with Crippen LogP contribution in [0.15, 0.2) is 0 Å². The molecule has 80 valence electrons. The maximum absolute atomic E-state index is 10.3. The highest BCUT2D eigenvalue weighted by atomic mass is 16.5. The Kier molecular flexibility index (Phi) is 2.29. The largest absolute Gasteiger partial charge is 0.392 e. The number of rotatable bonds is 2. The number of hydrogen-bond donors (Lipinski definition) is 1. The molecule has 0 spiro atoms. The molecule has 14 heavy (non-hydrogen) atoms. The summed E-state index contributed by atoms with van der Waals surface area (Å²) in [4.78, 5) is 0. The number of fused-ring (bicyclic) bond motifs is 2. The molecule has 4 atom stereocenters. The first-order valence-corrected chi connectivity index (χ1v) is 6.18. The van der Waals surface area contributed by atoms with E-state index >= 15 is 0 Å². The van der Waals surface area contributed by atoms with Crippen molar-refractivity contribution in [1.82, 2.24) is 0 Å². The second-order valence-corrected chi connectivity index (χ2v) is 5.31. The van der Waals surface area contributed by atoms with Gasteiger partial charge in [0.05, 0.1) is 18.3 Å². The molecule has 1 saturated carbocycles. The molecule has 3 fully saturated rings. The van der Waals surface area contributed by atoms with Crippen LogP contribution in [0.2, 0.25) is 0 Å². The lowest BCUT2D eigenvalue weighted by Gasteiger charge is -2.28. The van der Waals surface area contributed by atoms with Gasteiger partial charge in [-0.15, -0.1) is 0 Å². The Morgan fingerprint density at radius 3 is 2.43 bits per heavy atom. The van der Waals surface area contributed by atoms with E-state index < -0.39 is 0 Å². The van der Waals surface area contributed by atoms with E-state index in [0.29, 0.717) is 24.0 Å². The maximum atomic E-state index is 10.3. The third-order valence-corrected chi connectivity index (χ3v) is 4.47. The van der Waals surface area contributed by atoms with Crippen LogP contribution in [-0.2, 0) is 4.74 Å². The zero-order chi connectivity index (χ0) is 9.54. The van der Waals surface area contributed by atoms with Gasteiger partial charge in [0.15, 0.2) is 0 Å². The second-order valence-electron chi connectivity index (χ2n) is 5.31. The normalized spacial score (nSPS) is 44.8. The molecule has 2 bridgehead atoms. The van der Waals surface area contributed by atoms with Crippen LogP contribution in [0.3, 0.4) is 0 Å². The molecule has 0 aromatic heterocycles. The highest BCUT2D eigenvalue weighted by Crippen LogP contribution is 2.44. The van der Waals surface area contributed by atoms with Crippen molar-refractivity contribution in [2.24, 2.45) is 11.8 Å². The fraction of sp³-hybridized carbons (Fsp3) is 1.00. The summed E-state index contributed by atoms with van der Waals surface area (Å²) >= 11 is 0. The Hall–Kier alpha value is -0.0800. The molecule has 3 aliphatic rings. The van der Waals surface area contributed by atoms with E-state index in [0.717, 1.165) is 6.42 Å². The van der Waals surface area contributed by atoms with Gasteiger partial charge in [-0.1, -0.05) is 12.8 Å². The maximum Gasteiger partial charge on any atom is 0.0633 e. The molecule has 0 aromatic carbocycles. The van der Waals surface area contributed by atoms with E-state index in [9.17, 15) is 5.11 Å². The average Bonchev–Trinajstić information content (AvgIpc) is 2.93. The third-order valence-electron chi connectivity index (χ3n) is 4.47. The molecule has 0 aromatic rings. The minimum Gasteiger partial charge on any atom is -0.392 e. The number of aliphatic hydroxyl groups excluding tert-OH is 1. The fourth-order valence-electron chi connectivity index (χ4n) is 3.69. The Bertz CT molecular complexity index is 210. The summed E-state index contributed by atoms with van der Waals surface area (Å²) in [6.07, 6.45) is 9.51. The van der Waals surface area contributed by atoms with Crippen molar-refractivity contribution >= 4 is 0 Å². The summed E-state index contributed by atoms with van der Waals surface area (Å²) in [6.45, 7) is 0. The van der Waals surface area contributed by atoms with Crippen molar-refractivity contribution in [3.05, 3.63) is 0 Å². The van der Waals surface area contributed by atoms with Gasteiger partial charge in [-0.2, -0.15) is 0 Å². The van der Waals surface area contributed by atoms with Gasteiger partial charge in [0.2, 0.25) is 0 Å². The Morgan fingerprint density at radius 2 is 1.86 bits per heavy atom. The minimum absolute atomic E-state index is 0.0622. The van der Waals surface area contributed by atoms with E-state index in [1.807, 2.05) is 0 Å². The van der Waals surface area contributed by atoms with E-state index in [4.69, 9.17) is 4.74 Å². The summed E-state index contributed by atoms with van der Waals surface area (Å²) in [7, 11) is 0. The van der Waals surface area contributed by atoms with Crippen LogP contribution in [0.1, 0.15) is 44.9 Å². The fourth-order valence-corrected chi connectivity index (χ4v) is 3.69. The van der Waals surface area contributed by atoms with Gasteiger partial charge in [0, 0.05) is 5.92 Å². The lowest BCUT2D eigenvalue weighted by atomic mass is 9.80. The summed E-state index contributed by atoms with van der Waals surface area (Å²) in [5.74, 6) is 1.06. The van der Waals surface area contributed by atoms with E-state index in [-0.39, 0.29) is 6.10 Å². The van der Waals surface area contributed by atoms with E-state index in [1.165, 1.54) is 38.5 Å². The summed E-state index contributed by atoms with van der Waals surface area (Å²) in [5, 5.41) is 10.3. The van der Waals surface area contributed by atoms with Gasteiger partial charge in [0.1, 0.15) is 0 Å². The molecule has 2 heterocycles. The smallest absolute Gasteiger partial charge is 0.0633 e. The van der Waals surface area contributed by atoms with E-state index in [1.54, 1.807) is 0 Å². The van der Waals surface area contributed by atoms with Crippen LogP contribution >= 0.6 is 0 Å². The summed E-state index contributed by atoms with van der Waals surface area (Å²) in [5.41, 5.74) is 0. The molecular formula is C12H20O2. The Morgan fingerprint density at radius 1 is 1.07 bits per heavy atom.